The van der Waals surface area contributed by atoms with E-state index < -0.39 is 0 Å². The van der Waals surface area contributed by atoms with Crippen molar-refractivity contribution in [3.63, 3.8) is 0 Å². The van der Waals surface area contributed by atoms with Crippen LogP contribution in [0.25, 0.3) is 0 Å². The van der Waals surface area contributed by atoms with Gasteiger partial charge < -0.3 is 5.32 Å². The lowest BCUT2D eigenvalue weighted by atomic mass is 10.0. The molecule has 2 heterocycles. The van der Waals surface area contributed by atoms with Gasteiger partial charge >= 0.3 is 0 Å². The van der Waals surface area contributed by atoms with Gasteiger partial charge in [0.1, 0.15) is 6.04 Å². The third kappa shape index (κ3) is 5.31. The van der Waals surface area contributed by atoms with E-state index in [1.54, 1.807) is 6.20 Å². The molecule has 1 amide bonds. The maximum Gasteiger partial charge on any atom is 0.234 e. The zero-order chi connectivity index (χ0) is 16.7. The Morgan fingerprint density at radius 1 is 1.35 bits per heavy atom. The Hall–Kier alpha value is -1.97. The average Bonchev–Trinajstić information content (AvgIpc) is 2.56. The van der Waals surface area contributed by atoms with Crippen molar-refractivity contribution in [1.82, 2.24) is 20.1 Å². The number of nitrogens with one attached hydrogen (secondary N) is 1. The van der Waals surface area contributed by atoms with Crippen molar-refractivity contribution in [2.75, 3.05) is 32.7 Å². The SMILES string of the molecule is CC(C)C(C#N)N1CCN(CC(=O)NCc2ccccn2)CC1. The number of carbonyl (C=O) groups is 1. The molecule has 2 rings (SSSR count). The molecule has 6 nitrogen and oxygen atoms in total. The second kappa shape index (κ2) is 8.61. The number of pyridine rings is 1. The van der Waals surface area contributed by atoms with Crippen molar-refractivity contribution in [1.29, 1.82) is 5.26 Å². The van der Waals surface area contributed by atoms with Crippen molar-refractivity contribution in [3.8, 4) is 6.07 Å². The standard InChI is InChI=1S/C17H25N5O/c1-14(2)16(11-18)22-9-7-21(8-10-22)13-17(23)20-12-15-5-3-4-6-19-15/h3-6,14,16H,7-10,12-13H2,1-2H3,(H,20,23). The van der Waals surface area contributed by atoms with Crippen LogP contribution >= 0.6 is 0 Å². The van der Waals surface area contributed by atoms with E-state index in [2.05, 4.69) is 40.0 Å². The van der Waals surface area contributed by atoms with E-state index in [0.717, 1.165) is 31.9 Å². The van der Waals surface area contributed by atoms with Crippen molar-refractivity contribution in [3.05, 3.63) is 30.1 Å². The molecule has 1 aliphatic rings. The van der Waals surface area contributed by atoms with Crippen LogP contribution in [0.3, 0.4) is 0 Å². The van der Waals surface area contributed by atoms with Gasteiger partial charge in [-0.05, 0) is 18.1 Å². The minimum Gasteiger partial charge on any atom is -0.349 e. The Morgan fingerprint density at radius 3 is 2.65 bits per heavy atom. The topological polar surface area (TPSA) is 72.3 Å². The van der Waals surface area contributed by atoms with E-state index in [1.807, 2.05) is 18.2 Å². The first-order chi connectivity index (χ1) is 11.1. The van der Waals surface area contributed by atoms with Crippen LogP contribution < -0.4 is 5.32 Å². The van der Waals surface area contributed by atoms with Gasteiger partial charge in [-0.1, -0.05) is 19.9 Å². The zero-order valence-electron chi connectivity index (χ0n) is 13.9. The fraction of sp³-hybridized carbons (Fsp3) is 0.588. The second-order valence-corrected chi connectivity index (χ2v) is 6.23. The Bertz CT molecular complexity index is 532. The van der Waals surface area contributed by atoms with E-state index in [1.165, 1.54) is 0 Å². The quantitative estimate of drug-likeness (QED) is 0.843. The molecule has 0 aliphatic carbocycles. The fourth-order valence-corrected chi connectivity index (χ4v) is 2.80. The van der Waals surface area contributed by atoms with E-state index in [0.29, 0.717) is 19.0 Å². The summed E-state index contributed by atoms with van der Waals surface area (Å²) in [5, 5.41) is 12.2. The molecule has 0 bridgehead atoms. The largest absolute Gasteiger partial charge is 0.349 e. The molecule has 1 unspecified atom stereocenters. The number of hydrogen-bond donors (Lipinski definition) is 1. The van der Waals surface area contributed by atoms with E-state index in [-0.39, 0.29) is 11.9 Å². The molecule has 1 N–H and O–H groups in total. The first kappa shape index (κ1) is 17.4. The van der Waals surface area contributed by atoms with Gasteiger partial charge in [-0.2, -0.15) is 5.26 Å². The molecule has 0 spiro atoms. The highest BCUT2D eigenvalue weighted by atomic mass is 16.2. The normalized spacial score (nSPS) is 17.7. The zero-order valence-corrected chi connectivity index (χ0v) is 13.9. The van der Waals surface area contributed by atoms with Crippen LogP contribution in [0.15, 0.2) is 24.4 Å². The predicted molar refractivity (Wildman–Crippen MR) is 88.3 cm³/mol. The monoisotopic (exact) mass is 315 g/mol. The number of hydrogen-bond acceptors (Lipinski definition) is 5. The summed E-state index contributed by atoms with van der Waals surface area (Å²) in [6.45, 7) is 8.33. The van der Waals surface area contributed by atoms with Gasteiger partial charge in [0.25, 0.3) is 0 Å². The molecule has 1 atom stereocenters. The first-order valence-corrected chi connectivity index (χ1v) is 8.12. The lowest BCUT2D eigenvalue weighted by Crippen LogP contribution is -2.53. The van der Waals surface area contributed by atoms with Gasteiger partial charge in [0, 0.05) is 32.4 Å². The molecule has 0 saturated carbocycles. The van der Waals surface area contributed by atoms with E-state index >= 15 is 0 Å². The van der Waals surface area contributed by atoms with Crippen LogP contribution in [-0.4, -0.2) is 59.5 Å². The highest BCUT2D eigenvalue weighted by Gasteiger charge is 2.26. The van der Waals surface area contributed by atoms with Gasteiger partial charge in [0.2, 0.25) is 5.91 Å². The highest BCUT2D eigenvalue weighted by molar-refractivity contribution is 5.77. The summed E-state index contributed by atoms with van der Waals surface area (Å²) < 4.78 is 0. The minimum absolute atomic E-state index is 0.0183. The molecule has 0 radical (unpaired) electrons. The molecule has 6 heteroatoms. The number of amides is 1. The molecule has 23 heavy (non-hydrogen) atoms. The van der Waals surface area contributed by atoms with Crippen LogP contribution in [0, 0.1) is 17.2 Å². The third-order valence-electron chi connectivity index (χ3n) is 4.12. The summed E-state index contributed by atoms with van der Waals surface area (Å²) in [6.07, 6.45) is 1.72. The van der Waals surface area contributed by atoms with Gasteiger partial charge in [-0.25, -0.2) is 0 Å². The lowest BCUT2D eigenvalue weighted by molar-refractivity contribution is -0.122. The molecule has 1 fully saturated rings. The lowest BCUT2D eigenvalue weighted by Gasteiger charge is -2.37. The molecule has 0 aromatic carbocycles. The Labute approximate surface area is 138 Å². The molecule has 1 aromatic heterocycles. The number of piperazine rings is 1. The van der Waals surface area contributed by atoms with Crippen molar-refractivity contribution in [2.24, 2.45) is 5.92 Å². The number of nitrogens with zero attached hydrogens (tertiary/aromatic N) is 4. The molecule has 1 saturated heterocycles. The van der Waals surface area contributed by atoms with Gasteiger partial charge in [0.05, 0.1) is 24.9 Å². The Balaban J connectivity index is 1.71. The molecular weight excluding hydrogens is 290 g/mol. The van der Waals surface area contributed by atoms with Gasteiger partial charge in [0.15, 0.2) is 0 Å². The van der Waals surface area contributed by atoms with Crippen LogP contribution in [0.1, 0.15) is 19.5 Å². The minimum atomic E-state index is -0.0323. The molecule has 1 aromatic rings. The molecular formula is C17H25N5O. The van der Waals surface area contributed by atoms with Crippen LogP contribution in [0.4, 0.5) is 0 Å². The maximum atomic E-state index is 12.0. The maximum absolute atomic E-state index is 12.0. The van der Waals surface area contributed by atoms with Gasteiger partial charge in [-0.3, -0.25) is 19.6 Å². The fourth-order valence-electron chi connectivity index (χ4n) is 2.80. The van der Waals surface area contributed by atoms with Crippen molar-refractivity contribution in [2.45, 2.75) is 26.4 Å². The van der Waals surface area contributed by atoms with Crippen LogP contribution in [-0.2, 0) is 11.3 Å². The first-order valence-electron chi connectivity index (χ1n) is 8.12. The molecule has 1 aliphatic heterocycles. The summed E-state index contributed by atoms with van der Waals surface area (Å²) in [5.41, 5.74) is 0.861. The number of aromatic nitrogens is 1. The Morgan fingerprint density at radius 2 is 2.09 bits per heavy atom. The predicted octanol–water partition coefficient (Wildman–Crippen LogP) is 0.864. The highest BCUT2D eigenvalue weighted by Crippen LogP contribution is 2.12. The van der Waals surface area contributed by atoms with Crippen LogP contribution in [0.5, 0.6) is 0 Å². The summed E-state index contributed by atoms with van der Waals surface area (Å²) in [7, 11) is 0. The summed E-state index contributed by atoms with van der Waals surface area (Å²) >= 11 is 0. The van der Waals surface area contributed by atoms with Crippen LogP contribution in [0.2, 0.25) is 0 Å². The average molecular weight is 315 g/mol. The smallest absolute Gasteiger partial charge is 0.234 e. The van der Waals surface area contributed by atoms with E-state index in [4.69, 9.17) is 0 Å². The summed E-state index contributed by atoms with van der Waals surface area (Å²) in [6, 6.07) is 8.02. The number of carbonyl (C=O) groups excluding carboxylic acids is 1. The Kier molecular flexibility index (Phi) is 6.51. The number of rotatable bonds is 6. The summed E-state index contributed by atoms with van der Waals surface area (Å²) in [4.78, 5) is 20.6. The third-order valence-corrected chi connectivity index (χ3v) is 4.12. The van der Waals surface area contributed by atoms with Crippen molar-refractivity contribution < 1.29 is 4.79 Å². The second-order valence-electron chi connectivity index (χ2n) is 6.23. The summed E-state index contributed by atoms with van der Waals surface area (Å²) in [5.74, 6) is 0.345. The van der Waals surface area contributed by atoms with E-state index in [9.17, 15) is 10.1 Å². The van der Waals surface area contributed by atoms with Crippen molar-refractivity contribution >= 4 is 5.91 Å². The molecule has 124 valence electrons. The number of nitriles is 1. The van der Waals surface area contributed by atoms with Gasteiger partial charge in [-0.15, -0.1) is 0 Å².